The Kier molecular flexibility index (Phi) is 11.1. The molecule has 4 heteroatoms. The summed E-state index contributed by atoms with van der Waals surface area (Å²) in [7, 11) is 0. The van der Waals surface area contributed by atoms with Gasteiger partial charge < -0.3 is 0 Å². The van der Waals surface area contributed by atoms with Crippen LogP contribution in [-0.2, 0) is 21.7 Å². The molecule has 0 aliphatic heterocycles. The maximum absolute atomic E-state index is 5.28. The van der Waals surface area contributed by atoms with Gasteiger partial charge in [0.1, 0.15) is 0 Å². The first-order valence-electron chi connectivity index (χ1n) is 21.4. The second-order valence-corrected chi connectivity index (χ2v) is 20.8. The molecule has 4 nitrogen and oxygen atoms in total. The van der Waals surface area contributed by atoms with E-state index in [1.54, 1.807) is 0 Å². The van der Waals surface area contributed by atoms with Gasteiger partial charge in [0.05, 0.1) is 5.69 Å². The lowest BCUT2D eigenvalue weighted by Crippen LogP contribution is -2.17. The molecule has 0 radical (unpaired) electrons. The van der Waals surface area contributed by atoms with Crippen LogP contribution in [0, 0.1) is 13.8 Å². The van der Waals surface area contributed by atoms with Gasteiger partial charge in [-0.15, -0.1) is 0 Å². The van der Waals surface area contributed by atoms with Crippen molar-refractivity contribution in [1.29, 1.82) is 0 Å². The van der Waals surface area contributed by atoms with E-state index >= 15 is 0 Å². The molecule has 0 bridgehead atoms. The fourth-order valence-electron chi connectivity index (χ4n) is 7.64. The molecule has 7 rings (SSSR count). The lowest BCUT2D eigenvalue weighted by atomic mass is 9.79. The Morgan fingerprint density at radius 2 is 0.700 bits per heavy atom. The van der Waals surface area contributed by atoms with Crippen molar-refractivity contribution < 1.29 is 0 Å². The van der Waals surface area contributed by atoms with E-state index in [0.29, 0.717) is 17.5 Å². The molecule has 5 aromatic carbocycles. The number of benzene rings is 5. The summed E-state index contributed by atoms with van der Waals surface area (Å²) in [5.74, 6) is 1.92. The number of aromatic nitrogens is 4. The minimum atomic E-state index is -0.0567. The van der Waals surface area contributed by atoms with Crippen molar-refractivity contribution in [2.24, 2.45) is 0 Å². The summed E-state index contributed by atoms with van der Waals surface area (Å²) in [5.41, 5.74) is 16.9. The van der Waals surface area contributed by atoms with Crippen LogP contribution < -0.4 is 0 Å². The zero-order valence-electron chi connectivity index (χ0n) is 38.3. The third kappa shape index (κ3) is 9.34. The average Bonchev–Trinajstić information content (AvgIpc) is 3.19. The molecule has 0 saturated carbocycles. The van der Waals surface area contributed by atoms with Gasteiger partial charge in [-0.1, -0.05) is 173 Å². The van der Waals surface area contributed by atoms with Gasteiger partial charge in [-0.05, 0) is 116 Å². The summed E-state index contributed by atoms with van der Waals surface area (Å²) in [4.78, 5) is 20.7. The van der Waals surface area contributed by atoms with Crippen LogP contribution in [0.3, 0.4) is 0 Å². The maximum atomic E-state index is 5.28. The summed E-state index contributed by atoms with van der Waals surface area (Å²) in [6.45, 7) is 31.5. The minimum Gasteiger partial charge on any atom is -0.255 e. The van der Waals surface area contributed by atoms with Gasteiger partial charge >= 0.3 is 0 Å². The second kappa shape index (κ2) is 15.7. The van der Waals surface area contributed by atoms with E-state index in [0.717, 1.165) is 27.9 Å². The van der Waals surface area contributed by atoms with Crippen LogP contribution in [0.15, 0.2) is 121 Å². The number of hydrogen-bond donors (Lipinski definition) is 0. The summed E-state index contributed by atoms with van der Waals surface area (Å²) >= 11 is 0. The van der Waals surface area contributed by atoms with Gasteiger partial charge in [0.2, 0.25) is 0 Å². The molecule has 0 aliphatic carbocycles. The van der Waals surface area contributed by atoms with Gasteiger partial charge in [-0.25, -0.2) is 15.0 Å². The van der Waals surface area contributed by atoms with E-state index in [4.69, 9.17) is 19.9 Å². The minimum absolute atomic E-state index is 0.0567. The highest BCUT2D eigenvalue weighted by Crippen LogP contribution is 2.38. The van der Waals surface area contributed by atoms with Crippen molar-refractivity contribution in [2.75, 3.05) is 0 Å². The maximum Gasteiger partial charge on any atom is 0.165 e. The Bertz CT molecular complexity index is 2500. The van der Waals surface area contributed by atoms with Crippen LogP contribution in [0.5, 0.6) is 0 Å². The highest BCUT2D eigenvalue weighted by Gasteiger charge is 2.25. The highest BCUT2D eigenvalue weighted by molar-refractivity contribution is 5.84. The molecule has 306 valence electrons. The van der Waals surface area contributed by atoms with Crippen molar-refractivity contribution in [3.8, 4) is 67.7 Å². The molecule has 0 amide bonds. The van der Waals surface area contributed by atoms with Crippen LogP contribution in [-0.4, -0.2) is 19.9 Å². The zero-order chi connectivity index (χ0) is 43.4. The Morgan fingerprint density at radius 1 is 0.333 bits per heavy atom. The predicted octanol–water partition coefficient (Wildman–Crippen LogP) is 15.1. The molecule has 2 aromatic heterocycles. The first kappa shape index (κ1) is 42.4. The monoisotopic (exact) mass is 790 g/mol. The van der Waals surface area contributed by atoms with Crippen LogP contribution >= 0.6 is 0 Å². The van der Waals surface area contributed by atoms with Crippen molar-refractivity contribution in [3.05, 3.63) is 155 Å². The average molecular weight is 791 g/mol. The number of rotatable bonds is 6. The van der Waals surface area contributed by atoms with E-state index in [1.165, 1.54) is 55.6 Å². The molecule has 0 spiro atoms. The number of pyridine rings is 1. The Labute approximate surface area is 359 Å². The van der Waals surface area contributed by atoms with Crippen LogP contribution in [0.2, 0.25) is 0 Å². The number of aryl methyl sites for hydroxylation is 2. The van der Waals surface area contributed by atoms with Gasteiger partial charge in [-0.2, -0.15) is 0 Å². The SMILES string of the molecule is Cc1cc(C)cc(-c2ccccc2-c2ccc(-c3ccc(-c4nc(-c5cc(C(C)(C)C)cc(C(C)(C)C)c5)nc(-c5cc(C(C)(C)C)cc(C(C)(C)C)c5)n4)cn3)cc2)c1. The number of nitrogens with zero attached hydrogens (tertiary/aromatic N) is 4. The summed E-state index contributed by atoms with van der Waals surface area (Å²) in [6, 6.07) is 42.0. The van der Waals surface area contributed by atoms with Crippen LogP contribution in [0.4, 0.5) is 0 Å². The van der Waals surface area contributed by atoms with Crippen molar-refractivity contribution in [3.63, 3.8) is 0 Å². The molecule has 0 unspecified atom stereocenters. The molecular formula is C56H62N4. The topological polar surface area (TPSA) is 51.6 Å². The third-order valence-electron chi connectivity index (χ3n) is 11.5. The Hall–Kier alpha value is -5.74. The van der Waals surface area contributed by atoms with Gasteiger partial charge in [0.25, 0.3) is 0 Å². The van der Waals surface area contributed by atoms with E-state index in [2.05, 4.69) is 212 Å². The lowest BCUT2D eigenvalue weighted by molar-refractivity contribution is 0.568. The highest BCUT2D eigenvalue weighted by atomic mass is 15.0. The van der Waals surface area contributed by atoms with Crippen molar-refractivity contribution >= 4 is 0 Å². The predicted molar refractivity (Wildman–Crippen MR) is 255 cm³/mol. The largest absolute Gasteiger partial charge is 0.255 e. The number of hydrogen-bond acceptors (Lipinski definition) is 4. The molecule has 0 atom stereocenters. The van der Waals surface area contributed by atoms with Crippen molar-refractivity contribution in [1.82, 2.24) is 19.9 Å². The summed E-state index contributed by atoms with van der Waals surface area (Å²) in [6.07, 6.45) is 1.90. The normalized spacial score (nSPS) is 12.5. The Balaban J connectivity index is 1.32. The molecule has 60 heavy (non-hydrogen) atoms. The summed E-state index contributed by atoms with van der Waals surface area (Å²) < 4.78 is 0. The molecule has 0 N–H and O–H groups in total. The quantitative estimate of drug-likeness (QED) is 0.168. The first-order chi connectivity index (χ1) is 28.0. The molecule has 0 saturated heterocycles. The smallest absolute Gasteiger partial charge is 0.165 e. The second-order valence-electron chi connectivity index (χ2n) is 20.8. The van der Waals surface area contributed by atoms with E-state index in [1.807, 2.05) is 6.20 Å². The van der Waals surface area contributed by atoms with Gasteiger partial charge in [0, 0.05) is 28.5 Å². The van der Waals surface area contributed by atoms with E-state index in [9.17, 15) is 0 Å². The Morgan fingerprint density at radius 3 is 1.08 bits per heavy atom. The zero-order valence-corrected chi connectivity index (χ0v) is 38.3. The van der Waals surface area contributed by atoms with E-state index < -0.39 is 0 Å². The molecule has 7 aromatic rings. The van der Waals surface area contributed by atoms with Gasteiger partial charge in [0.15, 0.2) is 17.5 Å². The molecule has 2 heterocycles. The fourth-order valence-corrected chi connectivity index (χ4v) is 7.64. The first-order valence-corrected chi connectivity index (χ1v) is 21.4. The van der Waals surface area contributed by atoms with E-state index in [-0.39, 0.29) is 21.7 Å². The lowest BCUT2D eigenvalue weighted by Gasteiger charge is -2.26. The molecule has 0 fully saturated rings. The summed E-state index contributed by atoms with van der Waals surface area (Å²) in [5, 5.41) is 0. The van der Waals surface area contributed by atoms with Crippen LogP contribution in [0.1, 0.15) is 116 Å². The third-order valence-corrected chi connectivity index (χ3v) is 11.5. The molecule has 0 aliphatic rings. The van der Waals surface area contributed by atoms with Crippen molar-refractivity contribution in [2.45, 2.75) is 119 Å². The van der Waals surface area contributed by atoms with Gasteiger partial charge in [-0.3, -0.25) is 4.98 Å². The standard InChI is InChI=1S/C56H62N4/c1-35-25-36(2)27-40(26-35)48-18-16-15-17-47(48)37-19-21-38(22-20-37)49-24-23-39(34-57-49)50-58-51(41-28-43(53(3,4)5)32-44(29-41)54(6,7)8)60-52(59-50)42-30-45(55(9,10)11)33-46(31-42)56(12,13)14/h15-34H,1-14H3. The van der Waals surface area contributed by atoms with Crippen LogP contribution in [0.25, 0.3) is 67.7 Å². The molecular weight excluding hydrogens is 729 g/mol. The fraction of sp³-hybridized carbons (Fsp3) is 0.321.